The van der Waals surface area contributed by atoms with Gasteiger partial charge in [-0.1, -0.05) is 6.07 Å². The summed E-state index contributed by atoms with van der Waals surface area (Å²) in [6, 6.07) is 5.84. The molecule has 0 aromatic carbocycles. The zero-order valence-corrected chi connectivity index (χ0v) is 25.6. The molecular weight excluding hydrogens is 583 g/mol. The average Bonchev–Trinajstić information content (AvgIpc) is 3.72. The minimum absolute atomic E-state index is 0.139. The van der Waals surface area contributed by atoms with Gasteiger partial charge in [0.25, 0.3) is 0 Å². The van der Waals surface area contributed by atoms with Gasteiger partial charge in [0.1, 0.15) is 29.7 Å². The zero-order valence-electron chi connectivity index (χ0n) is 24.7. The molecule has 232 valence electrons. The van der Waals surface area contributed by atoms with E-state index in [0.717, 1.165) is 43.4 Å². The number of alkyl halides is 1. The number of nitrogen functional groups attached to an aromatic ring is 2. The Kier molecular flexibility index (Phi) is 7.22. The first-order valence-electron chi connectivity index (χ1n) is 15.2. The van der Waals surface area contributed by atoms with Gasteiger partial charge in [-0.25, -0.2) is 9.37 Å². The number of aliphatic hydroxyl groups is 1. The van der Waals surface area contributed by atoms with E-state index in [2.05, 4.69) is 20.9 Å². The summed E-state index contributed by atoms with van der Waals surface area (Å²) < 4.78 is 20.8. The van der Waals surface area contributed by atoms with Crippen LogP contribution >= 0.6 is 11.3 Å². The topological polar surface area (TPSA) is 167 Å². The molecule has 3 saturated heterocycles. The lowest BCUT2D eigenvalue weighted by atomic mass is 9.74. The molecular formula is C30H37FN10O2S. The van der Waals surface area contributed by atoms with Gasteiger partial charge in [0.05, 0.1) is 23.8 Å². The van der Waals surface area contributed by atoms with Crippen molar-refractivity contribution in [2.45, 2.75) is 68.7 Å². The van der Waals surface area contributed by atoms with Crippen LogP contribution in [0.5, 0.6) is 6.01 Å². The second-order valence-electron chi connectivity index (χ2n) is 12.7. The number of nitriles is 1. The van der Waals surface area contributed by atoms with Gasteiger partial charge in [-0.15, -0.1) is 11.3 Å². The molecule has 3 atom stereocenters. The number of hydrogen-bond donors (Lipinski definition) is 3. The summed E-state index contributed by atoms with van der Waals surface area (Å²) in [7, 11) is 0. The van der Waals surface area contributed by atoms with Crippen molar-refractivity contribution in [3.05, 3.63) is 39.9 Å². The molecule has 5 N–H and O–H groups in total. The smallest absolute Gasteiger partial charge is 0.323 e. The van der Waals surface area contributed by atoms with Gasteiger partial charge in [0.15, 0.2) is 0 Å². The second kappa shape index (κ2) is 11.0. The van der Waals surface area contributed by atoms with Crippen molar-refractivity contribution < 1.29 is 14.2 Å². The summed E-state index contributed by atoms with van der Waals surface area (Å²) in [5, 5.41) is 20.6. The quantitative estimate of drug-likeness (QED) is 0.320. The number of thiophene rings is 1. The van der Waals surface area contributed by atoms with Crippen LogP contribution < -0.4 is 26.0 Å². The number of halogens is 1. The van der Waals surface area contributed by atoms with Gasteiger partial charge in [-0.3, -0.25) is 4.90 Å². The Morgan fingerprint density at radius 3 is 2.91 bits per heavy atom. The second-order valence-corrected chi connectivity index (χ2v) is 13.8. The minimum Gasteiger partial charge on any atom is -0.461 e. The molecule has 7 rings (SSSR count). The van der Waals surface area contributed by atoms with Crippen LogP contribution in [0.15, 0.2) is 18.3 Å². The van der Waals surface area contributed by atoms with E-state index < -0.39 is 6.17 Å². The van der Waals surface area contributed by atoms with Crippen LogP contribution in [0.2, 0.25) is 0 Å². The van der Waals surface area contributed by atoms with E-state index in [-0.39, 0.29) is 36.2 Å². The summed E-state index contributed by atoms with van der Waals surface area (Å²) in [6.45, 7) is 4.92. The van der Waals surface area contributed by atoms with Crippen molar-refractivity contribution in [1.29, 1.82) is 5.26 Å². The molecule has 1 unspecified atom stereocenters. The maximum Gasteiger partial charge on any atom is 0.323 e. The highest BCUT2D eigenvalue weighted by molar-refractivity contribution is 7.16. The predicted octanol–water partition coefficient (Wildman–Crippen LogP) is 2.41. The third-order valence-corrected chi connectivity index (χ3v) is 11.0. The van der Waals surface area contributed by atoms with Gasteiger partial charge in [-0.2, -0.15) is 20.2 Å². The van der Waals surface area contributed by atoms with Crippen LogP contribution in [0.25, 0.3) is 0 Å². The van der Waals surface area contributed by atoms with Gasteiger partial charge >= 0.3 is 6.01 Å². The Bertz CT molecular complexity index is 1610. The first kappa shape index (κ1) is 28.9. The SMILES string of the molecule is CC(CO)N(Cc1cccnc1N)c1nc(OC[C@@]23CCCN2C[C@H](F)C3)nc(N2CC3(CCc4sc(N)c(C#N)c43)C2)n1. The fraction of sp³-hybridized carbons (Fsp3) is 0.567. The highest BCUT2D eigenvalue weighted by Gasteiger charge is 2.52. The van der Waals surface area contributed by atoms with Crippen LogP contribution in [-0.2, 0) is 18.4 Å². The molecule has 14 heteroatoms. The van der Waals surface area contributed by atoms with E-state index >= 15 is 0 Å². The highest BCUT2D eigenvalue weighted by Crippen LogP contribution is 2.52. The van der Waals surface area contributed by atoms with Crippen molar-refractivity contribution in [3.8, 4) is 12.1 Å². The fourth-order valence-corrected chi connectivity index (χ4v) is 8.71. The van der Waals surface area contributed by atoms with Gasteiger partial charge < -0.3 is 31.1 Å². The third-order valence-electron chi connectivity index (χ3n) is 9.89. The van der Waals surface area contributed by atoms with E-state index in [1.807, 2.05) is 24.0 Å². The standard InChI is InChI=1S/C30H37FN10O2S/c1-18(14-42)41(12-19-4-2-8-35-24(19)33)27-36-26(37-28(38-27)43-17-30-6-3-9-40(30)13-20(31)10-30)39-15-29(16-39)7-5-22-23(29)21(11-32)25(34)44-22/h2,4,8,18,20,42H,3,5-7,9-10,12-17,34H2,1H3,(H2,33,35)/t18?,20-,30+/m1/s1. The van der Waals surface area contributed by atoms with Crippen LogP contribution in [-0.4, -0.2) is 87.1 Å². The first-order chi connectivity index (χ1) is 21.2. The molecule has 1 spiro atoms. The number of hydrogen-bond acceptors (Lipinski definition) is 13. The maximum absolute atomic E-state index is 14.5. The molecule has 3 aromatic rings. The molecule has 3 fully saturated rings. The number of nitrogens with two attached hydrogens (primary N) is 2. The largest absolute Gasteiger partial charge is 0.461 e. The Hall–Kier alpha value is -3.80. The molecule has 0 bridgehead atoms. The van der Waals surface area contributed by atoms with E-state index in [1.165, 1.54) is 16.2 Å². The zero-order chi connectivity index (χ0) is 30.6. The number of anilines is 4. The van der Waals surface area contributed by atoms with Gasteiger partial charge in [0.2, 0.25) is 11.9 Å². The average molecular weight is 621 g/mol. The number of aliphatic hydroxyl groups excluding tert-OH is 1. The van der Waals surface area contributed by atoms with E-state index in [0.29, 0.717) is 60.9 Å². The van der Waals surface area contributed by atoms with Crippen molar-refractivity contribution >= 4 is 34.1 Å². The molecule has 44 heavy (non-hydrogen) atoms. The van der Waals surface area contributed by atoms with Crippen molar-refractivity contribution in [1.82, 2.24) is 24.8 Å². The molecule has 6 heterocycles. The Balaban J connectivity index is 1.21. The molecule has 0 radical (unpaired) electrons. The molecule has 1 aliphatic carbocycles. The fourth-order valence-electron chi connectivity index (χ4n) is 7.57. The molecule has 0 amide bonds. The van der Waals surface area contributed by atoms with Gasteiger partial charge in [-0.05, 0) is 50.8 Å². The van der Waals surface area contributed by atoms with Crippen molar-refractivity contribution in [2.75, 3.05) is 60.7 Å². The number of nitrogens with zero attached hydrogens (tertiary/aromatic N) is 8. The predicted molar refractivity (Wildman–Crippen MR) is 165 cm³/mol. The molecule has 3 aromatic heterocycles. The highest BCUT2D eigenvalue weighted by atomic mass is 32.1. The van der Waals surface area contributed by atoms with Crippen molar-refractivity contribution in [3.63, 3.8) is 0 Å². The Morgan fingerprint density at radius 2 is 2.14 bits per heavy atom. The number of ether oxygens (including phenoxy) is 1. The van der Waals surface area contributed by atoms with Crippen molar-refractivity contribution in [2.24, 2.45) is 0 Å². The number of fused-ring (bicyclic) bond motifs is 3. The summed E-state index contributed by atoms with van der Waals surface area (Å²) >= 11 is 1.52. The van der Waals surface area contributed by atoms with E-state index in [9.17, 15) is 14.8 Å². The normalized spacial score (nSPS) is 24.1. The monoisotopic (exact) mass is 620 g/mol. The lowest BCUT2D eigenvalue weighted by molar-refractivity contribution is 0.107. The Labute approximate surface area is 259 Å². The number of aromatic nitrogens is 4. The van der Waals surface area contributed by atoms with Crippen LogP contribution in [0.1, 0.15) is 54.2 Å². The summed E-state index contributed by atoms with van der Waals surface area (Å²) in [5.74, 6) is 1.19. The molecule has 4 aliphatic rings. The number of pyridine rings is 1. The molecule has 12 nitrogen and oxygen atoms in total. The number of aryl methyl sites for hydroxylation is 1. The lowest BCUT2D eigenvalue weighted by Gasteiger charge is -2.48. The van der Waals surface area contributed by atoms with Crippen LogP contribution in [0.3, 0.4) is 0 Å². The minimum atomic E-state index is -0.868. The van der Waals surface area contributed by atoms with E-state index in [4.69, 9.17) is 31.2 Å². The summed E-state index contributed by atoms with van der Waals surface area (Å²) in [4.78, 5) is 25.9. The maximum atomic E-state index is 14.5. The van der Waals surface area contributed by atoms with E-state index in [1.54, 1.807) is 6.20 Å². The van der Waals surface area contributed by atoms with Gasteiger partial charge in [0, 0.05) is 54.7 Å². The molecule has 3 aliphatic heterocycles. The summed E-state index contributed by atoms with van der Waals surface area (Å²) in [6.07, 6.45) is 4.92. The third kappa shape index (κ3) is 4.78. The Morgan fingerprint density at radius 1 is 1.30 bits per heavy atom. The van der Waals surface area contributed by atoms with Crippen LogP contribution in [0.4, 0.5) is 27.1 Å². The summed E-state index contributed by atoms with van der Waals surface area (Å²) in [5.41, 5.74) is 14.3. The number of rotatable bonds is 9. The first-order valence-corrected chi connectivity index (χ1v) is 16.0. The van der Waals surface area contributed by atoms with Crippen LogP contribution in [0, 0.1) is 11.3 Å². The molecule has 0 saturated carbocycles. The lowest BCUT2D eigenvalue weighted by Crippen LogP contribution is -2.59.